The first-order valence-electron chi connectivity index (χ1n) is 11.8. The van der Waals surface area contributed by atoms with Gasteiger partial charge in [0.15, 0.2) is 11.6 Å². The molecule has 0 aromatic carbocycles. The van der Waals surface area contributed by atoms with Gasteiger partial charge in [-0.15, -0.1) is 0 Å². The lowest BCUT2D eigenvalue weighted by Crippen LogP contribution is -2.51. The van der Waals surface area contributed by atoms with Crippen LogP contribution in [0.4, 0.5) is 0 Å². The van der Waals surface area contributed by atoms with E-state index >= 15 is 0 Å². The minimum absolute atomic E-state index is 0.0157. The van der Waals surface area contributed by atoms with Gasteiger partial charge in [0, 0.05) is 12.3 Å². The zero-order valence-corrected chi connectivity index (χ0v) is 18.7. The molecule has 0 aromatic rings. The molecule has 3 saturated carbocycles. The number of carboxylic acid groups (broad SMARTS) is 1. The number of carbonyl (C=O) groups excluding carboxylic acids is 3. The third-order valence-electron chi connectivity index (χ3n) is 9.27. The van der Waals surface area contributed by atoms with Crippen molar-refractivity contribution in [1.29, 1.82) is 0 Å². The molecule has 4 rings (SSSR count). The van der Waals surface area contributed by atoms with Crippen molar-refractivity contribution in [3.8, 4) is 0 Å². The average Bonchev–Trinajstić information content (AvgIpc) is 3.08. The van der Waals surface area contributed by atoms with Crippen molar-refractivity contribution in [3.05, 3.63) is 11.6 Å². The Hall–Kier alpha value is -1.98. The summed E-state index contributed by atoms with van der Waals surface area (Å²) in [6.07, 6.45) is 9.11. The number of hydrogen-bond donors (Lipinski definition) is 1. The lowest BCUT2D eigenvalue weighted by molar-refractivity contribution is -0.152. The molecule has 0 saturated heterocycles. The minimum atomic E-state index is -1.05. The minimum Gasteiger partial charge on any atom is -0.481 e. The molecule has 0 aliphatic heterocycles. The first kappa shape index (κ1) is 22.2. The molecule has 0 radical (unpaired) electrons. The second kappa shape index (κ2) is 8.18. The molecule has 0 heterocycles. The van der Waals surface area contributed by atoms with Gasteiger partial charge in [-0.2, -0.15) is 0 Å². The van der Waals surface area contributed by atoms with Gasteiger partial charge >= 0.3 is 11.9 Å². The fourth-order valence-electron chi connectivity index (χ4n) is 7.62. The largest absolute Gasteiger partial charge is 0.481 e. The van der Waals surface area contributed by atoms with Crippen LogP contribution in [-0.4, -0.2) is 35.2 Å². The van der Waals surface area contributed by atoms with Crippen LogP contribution in [0, 0.1) is 34.5 Å². The van der Waals surface area contributed by atoms with Crippen LogP contribution in [-0.2, 0) is 23.9 Å². The van der Waals surface area contributed by atoms with Crippen LogP contribution in [0.25, 0.3) is 0 Å². The molecule has 2 unspecified atom stereocenters. The highest BCUT2D eigenvalue weighted by molar-refractivity contribution is 5.91. The molecule has 0 amide bonds. The van der Waals surface area contributed by atoms with Gasteiger partial charge in [0.2, 0.25) is 0 Å². The maximum atomic E-state index is 13.0. The Balaban J connectivity index is 1.43. The molecule has 31 heavy (non-hydrogen) atoms. The van der Waals surface area contributed by atoms with E-state index in [0.717, 1.165) is 44.9 Å². The quantitative estimate of drug-likeness (QED) is 0.637. The molecule has 1 N–H and O–H groups in total. The molecule has 0 aromatic heterocycles. The summed E-state index contributed by atoms with van der Waals surface area (Å²) in [5.41, 5.74) is 1.42. The zero-order chi connectivity index (χ0) is 22.4. The van der Waals surface area contributed by atoms with Gasteiger partial charge in [0.05, 0.1) is 12.8 Å². The average molecular weight is 431 g/mol. The number of fused-ring (bicyclic) bond motifs is 5. The predicted molar refractivity (Wildman–Crippen MR) is 113 cm³/mol. The van der Waals surface area contributed by atoms with Crippen molar-refractivity contribution in [3.63, 3.8) is 0 Å². The topological polar surface area (TPSA) is 97.7 Å². The number of esters is 1. The Bertz CT molecular complexity index is 828. The highest BCUT2D eigenvalue weighted by atomic mass is 16.5. The summed E-state index contributed by atoms with van der Waals surface area (Å²) >= 11 is 0. The number of allylic oxidation sites excluding steroid dienone is 1. The lowest BCUT2D eigenvalue weighted by atomic mass is 9.46. The summed E-state index contributed by atoms with van der Waals surface area (Å²) in [6.45, 7) is 4.37. The fourth-order valence-corrected chi connectivity index (χ4v) is 7.62. The summed E-state index contributed by atoms with van der Waals surface area (Å²) in [5, 5.41) is 8.68. The molecule has 4 aliphatic carbocycles. The molecular formula is C25H34O6. The van der Waals surface area contributed by atoms with Crippen molar-refractivity contribution < 1.29 is 29.0 Å². The van der Waals surface area contributed by atoms with E-state index in [-0.39, 0.29) is 47.8 Å². The van der Waals surface area contributed by atoms with E-state index in [0.29, 0.717) is 24.2 Å². The van der Waals surface area contributed by atoms with Crippen LogP contribution in [0.3, 0.4) is 0 Å². The number of ketones is 2. The lowest BCUT2D eigenvalue weighted by Gasteiger charge is -2.58. The highest BCUT2D eigenvalue weighted by Crippen LogP contribution is 2.66. The maximum Gasteiger partial charge on any atom is 0.306 e. The summed E-state index contributed by atoms with van der Waals surface area (Å²) in [6, 6.07) is 0. The Labute approximate surface area is 183 Å². The Morgan fingerprint density at radius 3 is 2.55 bits per heavy atom. The summed E-state index contributed by atoms with van der Waals surface area (Å²) < 4.78 is 5.10. The van der Waals surface area contributed by atoms with E-state index in [1.54, 1.807) is 0 Å². The van der Waals surface area contributed by atoms with Gasteiger partial charge in [-0.25, -0.2) is 0 Å². The van der Waals surface area contributed by atoms with Crippen LogP contribution in [0.5, 0.6) is 0 Å². The molecule has 6 heteroatoms. The number of aliphatic carboxylic acids is 1. The van der Waals surface area contributed by atoms with Gasteiger partial charge in [0.25, 0.3) is 0 Å². The van der Waals surface area contributed by atoms with E-state index in [1.165, 1.54) is 5.57 Å². The number of Topliss-reactive ketones (excluding diaryl/α,β-unsaturated/α-hetero) is 1. The van der Waals surface area contributed by atoms with Crippen LogP contribution >= 0.6 is 0 Å². The van der Waals surface area contributed by atoms with Crippen molar-refractivity contribution >= 4 is 23.5 Å². The third kappa shape index (κ3) is 3.87. The van der Waals surface area contributed by atoms with Gasteiger partial charge in [-0.1, -0.05) is 19.4 Å². The number of rotatable bonds is 6. The van der Waals surface area contributed by atoms with Gasteiger partial charge in [-0.3, -0.25) is 19.2 Å². The highest BCUT2D eigenvalue weighted by Gasteiger charge is 2.60. The molecular weight excluding hydrogens is 396 g/mol. The van der Waals surface area contributed by atoms with Crippen LogP contribution < -0.4 is 0 Å². The van der Waals surface area contributed by atoms with Crippen LogP contribution in [0.15, 0.2) is 11.6 Å². The number of carboxylic acids is 1. The van der Waals surface area contributed by atoms with E-state index < -0.39 is 11.9 Å². The molecule has 0 spiro atoms. The first-order valence-corrected chi connectivity index (χ1v) is 11.8. The Kier molecular flexibility index (Phi) is 5.86. The zero-order valence-electron chi connectivity index (χ0n) is 18.7. The number of carbonyl (C=O) groups is 4. The summed E-state index contributed by atoms with van der Waals surface area (Å²) in [5.74, 6) is 0.168. The smallest absolute Gasteiger partial charge is 0.306 e. The van der Waals surface area contributed by atoms with E-state index in [2.05, 4.69) is 13.8 Å². The van der Waals surface area contributed by atoms with Gasteiger partial charge in [0.1, 0.15) is 6.61 Å². The van der Waals surface area contributed by atoms with Crippen LogP contribution in [0.2, 0.25) is 0 Å². The predicted octanol–water partition coefficient (Wildman–Crippen LogP) is 4.11. The van der Waals surface area contributed by atoms with Crippen molar-refractivity contribution in [2.75, 3.05) is 6.61 Å². The van der Waals surface area contributed by atoms with Crippen molar-refractivity contribution in [2.24, 2.45) is 34.5 Å². The number of ether oxygens (including phenoxy) is 1. The normalized spacial score (nSPS) is 39.0. The van der Waals surface area contributed by atoms with Crippen LogP contribution in [0.1, 0.15) is 78.1 Å². The maximum absolute atomic E-state index is 13.0. The van der Waals surface area contributed by atoms with Crippen molar-refractivity contribution in [1.82, 2.24) is 0 Å². The van der Waals surface area contributed by atoms with Crippen molar-refractivity contribution in [2.45, 2.75) is 78.1 Å². The third-order valence-corrected chi connectivity index (χ3v) is 9.27. The van der Waals surface area contributed by atoms with E-state index in [9.17, 15) is 19.2 Å². The first-order chi connectivity index (χ1) is 14.6. The molecule has 6 atom stereocenters. The van der Waals surface area contributed by atoms with Gasteiger partial charge in [-0.05, 0) is 79.6 Å². The molecule has 4 aliphatic rings. The molecule has 6 nitrogen and oxygen atoms in total. The second-order valence-corrected chi connectivity index (χ2v) is 10.7. The number of hydrogen-bond acceptors (Lipinski definition) is 5. The molecule has 0 bridgehead atoms. The summed E-state index contributed by atoms with van der Waals surface area (Å²) in [4.78, 5) is 47.3. The SMILES string of the molecule is C[C@@]12CCC(=O)C=C1CC[C@H]1C2CC[C@]2(C)C1CC[C@H]2C(=O)COC(=O)CCC(=O)O. The molecule has 170 valence electrons. The monoisotopic (exact) mass is 430 g/mol. The fraction of sp³-hybridized carbons (Fsp3) is 0.760. The Morgan fingerprint density at radius 1 is 1.03 bits per heavy atom. The molecule has 3 fully saturated rings. The Morgan fingerprint density at radius 2 is 1.81 bits per heavy atom. The second-order valence-electron chi connectivity index (χ2n) is 10.7. The standard InChI is InChI=1S/C25H34O6/c1-24-11-9-16(26)13-15(24)3-4-17-18-5-6-20(25(18,2)12-10-19(17)24)21(27)14-31-23(30)8-7-22(28)29/h13,17-20H,3-12,14H2,1-2H3,(H,28,29)/t17-,18?,19?,20+,24-,25-/m1/s1. The summed E-state index contributed by atoms with van der Waals surface area (Å²) in [7, 11) is 0. The van der Waals surface area contributed by atoms with E-state index in [4.69, 9.17) is 9.84 Å². The van der Waals surface area contributed by atoms with Gasteiger partial charge < -0.3 is 9.84 Å². The van der Waals surface area contributed by atoms with E-state index in [1.807, 2.05) is 6.08 Å².